The highest BCUT2D eigenvalue weighted by Crippen LogP contribution is 2.23. The number of benzene rings is 2. The van der Waals surface area contributed by atoms with E-state index in [0.717, 1.165) is 0 Å². The topological polar surface area (TPSA) is 76.9 Å². The molecular weight excluding hydrogens is 416 g/mol. The van der Waals surface area contributed by atoms with Gasteiger partial charge >= 0.3 is 0 Å². The first-order valence-corrected chi connectivity index (χ1v) is 10.5. The normalized spacial score (nSPS) is 10.9. The summed E-state index contributed by atoms with van der Waals surface area (Å²) in [6.45, 7) is 0. The molecule has 1 amide bonds. The average molecular weight is 429 g/mol. The van der Waals surface area contributed by atoms with Gasteiger partial charge in [0.05, 0.1) is 22.3 Å². The SMILES string of the molecule is O=C(CSc1nc2cc(Cl)ccc2c(=O)n1-c1ccccc1)Nc1nccs1. The summed E-state index contributed by atoms with van der Waals surface area (Å²) in [5, 5.41) is 6.41. The van der Waals surface area contributed by atoms with Crippen LogP contribution in [0.5, 0.6) is 0 Å². The van der Waals surface area contributed by atoms with E-state index < -0.39 is 0 Å². The summed E-state index contributed by atoms with van der Waals surface area (Å²) in [4.78, 5) is 34.0. The lowest BCUT2D eigenvalue weighted by atomic mass is 10.2. The number of nitrogens with zero attached hydrogens (tertiary/aromatic N) is 3. The number of aromatic nitrogens is 3. The van der Waals surface area contributed by atoms with Gasteiger partial charge in [0.25, 0.3) is 5.56 Å². The van der Waals surface area contributed by atoms with Crippen LogP contribution >= 0.6 is 34.7 Å². The number of amides is 1. The fourth-order valence-electron chi connectivity index (χ4n) is 2.61. The number of hydrogen-bond acceptors (Lipinski definition) is 6. The Labute approximate surface area is 173 Å². The molecular formula is C19H13ClN4O2S2. The maximum atomic E-state index is 13.1. The smallest absolute Gasteiger partial charge is 0.266 e. The number of hydrogen-bond donors (Lipinski definition) is 1. The van der Waals surface area contributed by atoms with Gasteiger partial charge in [-0.05, 0) is 30.3 Å². The van der Waals surface area contributed by atoms with Crippen molar-refractivity contribution in [1.82, 2.24) is 14.5 Å². The Balaban J connectivity index is 1.73. The molecule has 28 heavy (non-hydrogen) atoms. The van der Waals surface area contributed by atoms with Crippen molar-refractivity contribution in [2.75, 3.05) is 11.1 Å². The van der Waals surface area contributed by atoms with Crippen LogP contribution in [0.1, 0.15) is 0 Å². The fraction of sp³-hybridized carbons (Fsp3) is 0.0526. The number of fused-ring (bicyclic) bond motifs is 1. The second-order valence-electron chi connectivity index (χ2n) is 5.71. The molecule has 0 unspecified atom stereocenters. The van der Waals surface area contributed by atoms with Crippen LogP contribution in [0.25, 0.3) is 16.6 Å². The van der Waals surface area contributed by atoms with Gasteiger partial charge in [-0.15, -0.1) is 11.3 Å². The van der Waals surface area contributed by atoms with Crippen LogP contribution in [-0.2, 0) is 4.79 Å². The summed E-state index contributed by atoms with van der Waals surface area (Å²) in [6, 6.07) is 14.2. The fourth-order valence-corrected chi connectivity index (χ4v) is 4.13. The molecule has 2 heterocycles. The van der Waals surface area contributed by atoms with Gasteiger partial charge in [0.15, 0.2) is 10.3 Å². The Morgan fingerprint density at radius 3 is 2.79 bits per heavy atom. The van der Waals surface area contributed by atoms with Gasteiger partial charge in [-0.1, -0.05) is 41.6 Å². The molecule has 4 aromatic rings. The molecule has 0 spiro atoms. The third-order valence-electron chi connectivity index (χ3n) is 3.83. The summed E-state index contributed by atoms with van der Waals surface area (Å²) in [5.41, 5.74) is 0.961. The first-order valence-electron chi connectivity index (χ1n) is 8.22. The molecule has 0 aliphatic heterocycles. The molecule has 0 aliphatic carbocycles. The molecule has 9 heteroatoms. The quantitative estimate of drug-likeness (QED) is 0.380. The number of halogens is 1. The van der Waals surface area contributed by atoms with E-state index in [1.807, 2.05) is 30.3 Å². The van der Waals surface area contributed by atoms with Crippen molar-refractivity contribution in [2.45, 2.75) is 5.16 Å². The first kappa shape index (κ1) is 18.7. The number of carbonyl (C=O) groups excluding carboxylic acids is 1. The largest absolute Gasteiger partial charge is 0.301 e. The Hall–Kier alpha value is -2.68. The Kier molecular flexibility index (Phi) is 5.43. The molecule has 2 aromatic carbocycles. The highest BCUT2D eigenvalue weighted by molar-refractivity contribution is 7.99. The maximum Gasteiger partial charge on any atom is 0.266 e. The van der Waals surface area contributed by atoms with E-state index in [1.54, 1.807) is 29.8 Å². The van der Waals surface area contributed by atoms with Crippen LogP contribution in [0.4, 0.5) is 5.13 Å². The van der Waals surface area contributed by atoms with Gasteiger partial charge in [-0.2, -0.15) is 0 Å². The zero-order valence-corrected chi connectivity index (χ0v) is 16.7. The van der Waals surface area contributed by atoms with Crippen molar-refractivity contribution in [2.24, 2.45) is 0 Å². The lowest BCUT2D eigenvalue weighted by Gasteiger charge is -2.13. The van der Waals surface area contributed by atoms with Gasteiger partial charge < -0.3 is 5.32 Å². The molecule has 0 radical (unpaired) electrons. The van der Waals surface area contributed by atoms with E-state index in [4.69, 9.17) is 11.6 Å². The molecule has 0 fully saturated rings. The summed E-state index contributed by atoms with van der Waals surface area (Å²) in [6.07, 6.45) is 1.62. The summed E-state index contributed by atoms with van der Waals surface area (Å²) in [5.74, 6) is -0.134. The number of thiazole rings is 1. The van der Waals surface area contributed by atoms with Crippen molar-refractivity contribution in [3.05, 3.63) is 75.5 Å². The van der Waals surface area contributed by atoms with E-state index in [1.165, 1.54) is 27.7 Å². The molecule has 1 N–H and O–H groups in total. The van der Waals surface area contributed by atoms with Crippen molar-refractivity contribution >= 4 is 56.6 Å². The van der Waals surface area contributed by atoms with Crippen LogP contribution in [0.15, 0.2) is 70.1 Å². The first-order chi connectivity index (χ1) is 13.6. The Morgan fingerprint density at radius 1 is 1.21 bits per heavy atom. The minimum atomic E-state index is -0.222. The highest BCUT2D eigenvalue weighted by atomic mass is 35.5. The second kappa shape index (κ2) is 8.14. The number of para-hydroxylation sites is 1. The minimum absolute atomic E-state index is 0.0882. The number of thioether (sulfide) groups is 1. The van der Waals surface area contributed by atoms with Crippen LogP contribution in [0.2, 0.25) is 5.02 Å². The second-order valence-corrected chi connectivity index (χ2v) is 7.98. The third kappa shape index (κ3) is 3.94. The van der Waals surface area contributed by atoms with Gasteiger partial charge in [0, 0.05) is 16.6 Å². The van der Waals surface area contributed by atoms with Gasteiger partial charge in [-0.3, -0.25) is 14.2 Å². The number of rotatable bonds is 5. The Bertz CT molecular complexity index is 1190. The predicted octanol–water partition coefficient (Wildman–Crippen LogP) is 4.23. The monoisotopic (exact) mass is 428 g/mol. The molecule has 6 nitrogen and oxygen atoms in total. The number of nitrogens with one attached hydrogen (secondary N) is 1. The maximum absolute atomic E-state index is 13.1. The molecule has 140 valence electrons. The Morgan fingerprint density at radius 2 is 2.04 bits per heavy atom. The lowest BCUT2D eigenvalue weighted by molar-refractivity contribution is -0.113. The van der Waals surface area contributed by atoms with Crippen molar-refractivity contribution in [1.29, 1.82) is 0 Å². The standard InChI is InChI=1S/C19H13ClN4O2S2/c20-12-6-7-14-15(10-12)22-19(24(17(14)26)13-4-2-1-3-5-13)28-11-16(25)23-18-21-8-9-27-18/h1-10H,11H2,(H,21,23,25). The molecule has 4 rings (SSSR count). The predicted molar refractivity (Wildman–Crippen MR) is 114 cm³/mol. The highest BCUT2D eigenvalue weighted by Gasteiger charge is 2.15. The summed E-state index contributed by atoms with van der Waals surface area (Å²) in [7, 11) is 0. The van der Waals surface area contributed by atoms with Crippen LogP contribution in [-0.4, -0.2) is 26.2 Å². The summed E-state index contributed by atoms with van der Waals surface area (Å²) < 4.78 is 1.51. The van der Waals surface area contributed by atoms with E-state index in [2.05, 4.69) is 15.3 Å². The molecule has 0 atom stereocenters. The van der Waals surface area contributed by atoms with E-state index in [9.17, 15) is 9.59 Å². The van der Waals surface area contributed by atoms with Crippen LogP contribution < -0.4 is 10.9 Å². The minimum Gasteiger partial charge on any atom is -0.301 e. The van der Waals surface area contributed by atoms with Crippen molar-refractivity contribution in [3.8, 4) is 5.69 Å². The van der Waals surface area contributed by atoms with Crippen molar-refractivity contribution in [3.63, 3.8) is 0 Å². The lowest BCUT2D eigenvalue weighted by Crippen LogP contribution is -2.23. The van der Waals surface area contributed by atoms with Gasteiger partial charge in [-0.25, -0.2) is 9.97 Å². The third-order valence-corrected chi connectivity index (χ3v) is 5.69. The molecule has 0 aliphatic rings. The van der Waals surface area contributed by atoms with E-state index in [-0.39, 0.29) is 17.2 Å². The summed E-state index contributed by atoms with van der Waals surface area (Å²) >= 11 is 8.58. The van der Waals surface area contributed by atoms with E-state index >= 15 is 0 Å². The van der Waals surface area contributed by atoms with E-state index in [0.29, 0.717) is 31.9 Å². The molecule has 0 saturated carbocycles. The zero-order valence-electron chi connectivity index (χ0n) is 14.3. The average Bonchev–Trinajstić information content (AvgIpc) is 3.20. The number of carbonyl (C=O) groups is 1. The molecule has 0 bridgehead atoms. The van der Waals surface area contributed by atoms with Gasteiger partial charge in [0.1, 0.15) is 0 Å². The van der Waals surface area contributed by atoms with Crippen LogP contribution in [0, 0.1) is 0 Å². The number of anilines is 1. The molecule has 0 saturated heterocycles. The van der Waals surface area contributed by atoms with Gasteiger partial charge in [0.2, 0.25) is 5.91 Å². The zero-order chi connectivity index (χ0) is 19.5. The van der Waals surface area contributed by atoms with Crippen LogP contribution in [0.3, 0.4) is 0 Å². The van der Waals surface area contributed by atoms with Crippen molar-refractivity contribution < 1.29 is 4.79 Å². The molecule has 2 aromatic heterocycles.